The van der Waals surface area contributed by atoms with Gasteiger partial charge in [0.25, 0.3) is 0 Å². The standard InChI is InChI=1S/C11H12BrN3OS2/c1-15(2)10-13-14-11(18-10)17-9-4-3-7(6-16)5-8(9)12/h3-5,16H,6H2,1-2H3. The van der Waals surface area contributed by atoms with E-state index in [4.69, 9.17) is 5.11 Å². The Morgan fingerprint density at radius 2 is 2.17 bits per heavy atom. The summed E-state index contributed by atoms with van der Waals surface area (Å²) in [5.41, 5.74) is 0.887. The summed E-state index contributed by atoms with van der Waals surface area (Å²) in [4.78, 5) is 3.00. The number of hydrogen-bond donors (Lipinski definition) is 1. The predicted octanol–water partition coefficient (Wildman–Crippen LogP) is 3.01. The van der Waals surface area contributed by atoms with Gasteiger partial charge in [-0.15, -0.1) is 10.2 Å². The van der Waals surface area contributed by atoms with Crippen molar-refractivity contribution in [2.24, 2.45) is 0 Å². The lowest BCUT2D eigenvalue weighted by Gasteiger charge is -2.04. The van der Waals surface area contributed by atoms with E-state index in [1.807, 2.05) is 37.2 Å². The van der Waals surface area contributed by atoms with Crippen molar-refractivity contribution in [3.8, 4) is 0 Å². The highest BCUT2D eigenvalue weighted by molar-refractivity contribution is 9.10. The number of rotatable bonds is 4. The van der Waals surface area contributed by atoms with Crippen LogP contribution in [-0.2, 0) is 6.61 Å². The molecule has 1 aromatic heterocycles. The second-order valence-corrected chi connectivity index (χ2v) is 6.87. The minimum Gasteiger partial charge on any atom is -0.392 e. The van der Waals surface area contributed by atoms with Crippen LogP contribution in [0.5, 0.6) is 0 Å². The van der Waals surface area contributed by atoms with Crippen LogP contribution in [0.4, 0.5) is 5.13 Å². The molecular formula is C11H12BrN3OS2. The van der Waals surface area contributed by atoms with Crippen LogP contribution >= 0.6 is 39.0 Å². The SMILES string of the molecule is CN(C)c1nnc(Sc2ccc(CO)cc2Br)s1. The molecule has 0 fully saturated rings. The largest absolute Gasteiger partial charge is 0.392 e. The third kappa shape index (κ3) is 3.23. The molecule has 18 heavy (non-hydrogen) atoms. The summed E-state index contributed by atoms with van der Waals surface area (Å²) in [6.45, 7) is 0.0487. The first kappa shape index (κ1) is 13.8. The van der Waals surface area contributed by atoms with E-state index in [0.29, 0.717) is 0 Å². The summed E-state index contributed by atoms with van der Waals surface area (Å²) in [6, 6.07) is 5.79. The van der Waals surface area contributed by atoms with E-state index in [1.165, 1.54) is 0 Å². The van der Waals surface area contributed by atoms with Crippen molar-refractivity contribution in [1.82, 2.24) is 10.2 Å². The topological polar surface area (TPSA) is 49.2 Å². The fourth-order valence-corrected chi connectivity index (χ4v) is 3.64. The summed E-state index contributed by atoms with van der Waals surface area (Å²) >= 11 is 6.61. The quantitative estimate of drug-likeness (QED) is 0.922. The maximum atomic E-state index is 9.05. The van der Waals surface area contributed by atoms with E-state index >= 15 is 0 Å². The molecule has 4 nitrogen and oxygen atoms in total. The fourth-order valence-electron chi connectivity index (χ4n) is 1.24. The molecule has 96 valence electrons. The van der Waals surface area contributed by atoms with Gasteiger partial charge in [-0.25, -0.2) is 0 Å². The Labute approximate surface area is 122 Å². The highest BCUT2D eigenvalue weighted by atomic mass is 79.9. The number of nitrogens with zero attached hydrogens (tertiary/aromatic N) is 3. The summed E-state index contributed by atoms with van der Waals surface area (Å²) in [5.74, 6) is 0. The van der Waals surface area contributed by atoms with Crippen LogP contribution in [0.3, 0.4) is 0 Å². The summed E-state index contributed by atoms with van der Waals surface area (Å²) < 4.78 is 1.86. The maximum absolute atomic E-state index is 9.05. The Morgan fingerprint density at radius 1 is 1.39 bits per heavy atom. The second kappa shape index (κ2) is 6.01. The Hall–Kier alpha value is -0.630. The zero-order valence-corrected chi connectivity index (χ0v) is 13.1. The van der Waals surface area contributed by atoms with Gasteiger partial charge in [-0.3, -0.25) is 0 Å². The van der Waals surface area contributed by atoms with Gasteiger partial charge in [0.1, 0.15) is 0 Å². The van der Waals surface area contributed by atoms with Gasteiger partial charge >= 0.3 is 0 Å². The third-order valence-corrected chi connectivity index (χ3v) is 5.29. The molecular weight excluding hydrogens is 334 g/mol. The van der Waals surface area contributed by atoms with Crippen LogP contribution in [-0.4, -0.2) is 29.4 Å². The first-order valence-electron chi connectivity index (χ1n) is 5.18. The zero-order valence-electron chi connectivity index (χ0n) is 9.92. The van der Waals surface area contributed by atoms with Crippen molar-refractivity contribution < 1.29 is 5.11 Å². The van der Waals surface area contributed by atoms with Crippen molar-refractivity contribution >= 4 is 44.2 Å². The molecule has 0 bridgehead atoms. The van der Waals surface area contributed by atoms with Crippen molar-refractivity contribution in [3.05, 3.63) is 28.2 Å². The van der Waals surface area contributed by atoms with Gasteiger partial charge in [0.15, 0.2) is 4.34 Å². The molecule has 0 spiro atoms. The lowest BCUT2D eigenvalue weighted by molar-refractivity contribution is 0.281. The molecule has 0 amide bonds. The number of halogens is 1. The average molecular weight is 346 g/mol. The number of aliphatic hydroxyl groups is 1. The number of hydrogen-bond acceptors (Lipinski definition) is 6. The minimum absolute atomic E-state index is 0.0487. The van der Waals surface area contributed by atoms with Crippen LogP contribution in [0.1, 0.15) is 5.56 Å². The fraction of sp³-hybridized carbons (Fsp3) is 0.273. The molecule has 0 aliphatic heterocycles. The van der Waals surface area contributed by atoms with Gasteiger partial charge in [-0.2, -0.15) is 0 Å². The van der Waals surface area contributed by atoms with Crippen LogP contribution in [0.2, 0.25) is 0 Å². The molecule has 0 aliphatic rings. The number of aromatic nitrogens is 2. The molecule has 2 rings (SSSR count). The van der Waals surface area contributed by atoms with E-state index in [-0.39, 0.29) is 6.61 Å². The van der Waals surface area contributed by atoms with E-state index in [1.54, 1.807) is 23.1 Å². The Kier molecular flexibility index (Phi) is 4.60. The van der Waals surface area contributed by atoms with E-state index in [2.05, 4.69) is 26.1 Å². The smallest absolute Gasteiger partial charge is 0.208 e. The van der Waals surface area contributed by atoms with Crippen LogP contribution in [0.15, 0.2) is 31.9 Å². The van der Waals surface area contributed by atoms with Crippen molar-refractivity contribution in [1.29, 1.82) is 0 Å². The van der Waals surface area contributed by atoms with Crippen LogP contribution in [0, 0.1) is 0 Å². The number of anilines is 1. The Balaban J connectivity index is 2.17. The highest BCUT2D eigenvalue weighted by Gasteiger charge is 2.09. The van der Waals surface area contributed by atoms with Gasteiger partial charge in [0.2, 0.25) is 5.13 Å². The molecule has 0 saturated carbocycles. The summed E-state index contributed by atoms with van der Waals surface area (Å²) in [5, 5.41) is 18.2. The summed E-state index contributed by atoms with van der Waals surface area (Å²) in [7, 11) is 3.89. The molecule has 1 heterocycles. The second-order valence-electron chi connectivity index (χ2n) is 3.77. The third-order valence-electron chi connectivity index (χ3n) is 2.15. The van der Waals surface area contributed by atoms with Gasteiger partial charge < -0.3 is 10.0 Å². The first-order valence-corrected chi connectivity index (χ1v) is 7.60. The first-order chi connectivity index (χ1) is 8.60. The normalized spacial score (nSPS) is 10.7. The van der Waals surface area contributed by atoms with Crippen molar-refractivity contribution in [2.75, 3.05) is 19.0 Å². The van der Waals surface area contributed by atoms with Gasteiger partial charge in [-0.1, -0.05) is 29.2 Å². The average Bonchev–Trinajstić information content (AvgIpc) is 2.80. The molecule has 0 atom stereocenters. The zero-order chi connectivity index (χ0) is 13.1. The number of aliphatic hydroxyl groups excluding tert-OH is 1. The van der Waals surface area contributed by atoms with Crippen LogP contribution < -0.4 is 4.90 Å². The van der Waals surface area contributed by atoms with Crippen molar-refractivity contribution in [2.45, 2.75) is 15.8 Å². The molecule has 0 aliphatic carbocycles. The lowest BCUT2D eigenvalue weighted by atomic mass is 10.2. The van der Waals surface area contributed by atoms with E-state index in [9.17, 15) is 0 Å². The van der Waals surface area contributed by atoms with Crippen molar-refractivity contribution in [3.63, 3.8) is 0 Å². The Morgan fingerprint density at radius 3 is 2.72 bits per heavy atom. The molecule has 0 radical (unpaired) electrons. The molecule has 1 N–H and O–H groups in total. The van der Waals surface area contributed by atoms with Gasteiger partial charge in [0, 0.05) is 23.5 Å². The summed E-state index contributed by atoms with van der Waals surface area (Å²) in [6.07, 6.45) is 0. The Bertz CT molecular complexity index is 545. The van der Waals surface area contributed by atoms with Gasteiger partial charge in [-0.05, 0) is 33.6 Å². The molecule has 0 unspecified atom stereocenters. The maximum Gasteiger partial charge on any atom is 0.208 e. The molecule has 2 aromatic rings. The predicted molar refractivity (Wildman–Crippen MR) is 78.4 cm³/mol. The van der Waals surface area contributed by atoms with Crippen LogP contribution in [0.25, 0.3) is 0 Å². The number of benzene rings is 1. The van der Waals surface area contributed by atoms with E-state index < -0.39 is 0 Å². The lowest BCUT2D eigenvalue weighted by Crippen LogP contribution is -2.07. The highest BCUT2D eigenvalue weighted by Crippen LogP contribution is 2.36. The molecule has 0 saturated heterocycles. The van der Waals surface area contributed by atoms with E-state index in [0.717, 1.165) is 24.4 Å². The monoisotopic (exact) mass is 345 g/mol. The van der Waals surface area contributed by atoms with Gasteiger partial charge in [0.05, 0.1) is 6.61 Å². The molecule has 7 heteroatoms. The molecule has 1 aromatic carbocycles. The minimum atomic E-state index is 0.0487.